The third-order valence-corrected chi connectivity index (χ3v) is 3.96. The number of aromatic nitrogens is 2. The van der Waals surface area contributed by atoms with Crippen LogP contribution in [0.5, 0.6) is 0 Å². The van der Waals surface area contributed by atoms with E-state index in [1.807, 2.05) is 0 Å². The predicted molar refractivity (Wildman–Crippen MR) is 81.0 cm³/mol. The summed E-state index contributed by atoms with van der Waals surface area (Å²) in [6.07, 6.45) is -2.31. The zero-order chi connectivity index (χ0) is 17.4. The standard InChI is InChI=1S/C14H19BrF3N3O2/c1-13(2,3)23-12(22)20-6-4-5-9(7-20)21-8-10(15)11(19-21)14(16,17)18/h8-9H,4-7H2,1-3H3. The van der Waals surface area contributed by atoms with Gasteiger partial charge in [0.1, 0.15) is 5.60 Å². The van der Waals surface area contributed by atoms with E-state index >= 15 is 0 Å². The van der Waals surface area contributed by atoms with Crippen molar-refractivity contribution < 1.29 is 22.7 Å². The van der Waals surface area contributed by atoms with Gasteiger partial charge in [-0.1, -0.05) is 0 Å². The molecule has 1 atom stereocenters. The molecular weight excluding hydrogens is 379 g/mol. The van der Waals surface area contributed by atoms with Crippen LogP contribution in [0.4, 0.5) is 18.0 Å². The minimum absolute atomic E-state index is 0.0978. The quantitative estimate of drug-likeness (QED) is 0.711. The van der Waals surface area contributed by atoms with Crippen LogP contribution in [-0.2, 0) is 10.9 Å². The first-order chi connectivity index (χ1) is 10.5. The predicted octanol–water partition coefficient (Wildman–Crippen LogP) is 4.24. The highest BCUT2D eigenvalue weighted by Crippen LogP contribution is 2.35. The maximum atomic E-state index is 12.8. The lowest BCUT2D eigenvalue weighted by atomic mass is 10.1. The van der Waals surface area contributed by atoms with Gasteiger partial charge in [-0.05, 0) is 49.5 Å². The van der Waals surface area contributed by atoms with Crippen LogP contribution in [0, 0.1) is 0 Å². The van der Waals surface area contributed by atoms with E-state index in [4.69, 9.17) is 4.74 Å². The second-order valence-electron chi connectivity index (χ2n) is 6.53. The van der Waals surface area contributed by atoms with Crippen LogP contribution < -0.4 is 0 Å². The Bertz CT molecular complexity index is 581. The van der Waals surface area contributed by atoms with Crippen LogP contribution in [0.3, 0.4) is 0 Å². The van der Waals surface area contributed by atoms with Crippen LogP contribution in [0.25, 0.3) is 0 Å². The maximum absolute atomic E-state index is 12.8. The first-order valence-electron chi connectivity index (χ1n) is 7.27. The van der Waals surface area contributed by atoms with Crippen molar-refractivity contribution in [1.82, 2.24) is 14.7 Å². The molecule has 0 spiro atoms. The Balaban J connectivity index is 2.11. The van der Waals surface area contributed by atoms with Crippen molar-refractivity contribution in [2.45, 2.75) is 51.4 Å². The Kier molecular flexibility index (Phi) is 4.98. The molecule has 9 heteroatoms. The molecule has 1 aromatic heterocycles. The van der Waals surface area contributed by atoms with Gasteiger partial charge in [-0.2, -0.15) is 18.3 Å². The Morgan fingerprint density at radius 1 is 1.39 bits per heavy atom. The summed E-state index contributed by atoms with van der Waals surface area (Å²) in [6.45, 7) is 6.12. The molecule has 1 unspecified atom stereocenters. The molecular formula is C14H19BrF3N3O2. The number of carbonyl (C=O) groups excluding carboxylic acids is 1. The number of hydrogen-bond acceptors (Lipinski definition) is 3. The normalized spacial score (nSPS) is 19.8. The van der Waals surface area contributed by atoms with Gasteiger partial charge in [0.05, 0.1) is 10.5 Å². The van der Waals surface area contributed by atoms with E-state index in [-0.39, 0.29) is 17.1 Å². The molecule has 0 radical (unpaired) electrons. The lowest BCUT2D eigenvalue weighted by Crippen LogP contribution is -2.43. The van der Waals surface area contributed by atoms with Crippen molar-refractivity contribution in [2.24, 2.45) is 0 Å². The van der Waals surface area contributed by atoms with E-state index < -0.39 is 23.6 Å². The Labute approximate surface area is 140 Å². The van der Waals surface area contributed by atoms with Crippen LogP contribution in [0.1, 0.15) is 45.3 Å². The SMILES string of the molecule is CC(C)(C)OC(=O)N1CCCC(n2cc(Br)c(C(F)(F)F)n2)C1. The number of ether oxygens (including phenoxy) is 1. The second kappa shape index (κ2) is 6.33. The average molecular weight is 398 g/mol. The van der Waals surface area contributed by atoms with Gasteiger partial charge in [0, 0.05) is 19.3 Å². The lowest BCUT2D eigenvalue weighted by molar-refractivity contribution is -0.142. The van der Waals surface area contributed by atoms with Gasteiger partial charge in [0.25, 0.3) is 0 Å². The number of likely N-dealkylation sites (tertiary alicyclic amines) is 1. The Hall–Kier alpha value is -1.25. The zero-order valence-corrected chi connectivity index (χ0v) is 14.7. The molecule has 1 aromatic rings. The molecule has 1 saturated heterocycles. The molecule has 5 nitrogen and oxygen atoms in total. The summed E-state index contributed by atoms with van der Waals surface area (Å²) in [5, 5.41) is 3.64. The summed E-state index contributed by atoms with van der Waals surface area (Å²) in [5.74, 6) is 0. The Morgan fingerprint density at radius 3 is 2.57 bits per heavy atom. The second-order valence-corrected chi connectivity index (χ2v) is 7.38. The summed E-state index contributed by atoms with van der Waals surface area (Å²) in [4.78, 5) is 13.6. The average Bonchev–Trinajstić information content (AvgIpc) is 2.79. The zero-order valence-electron chi connectivity index (χ0n) is 13.2. The topological polar surface area (TPSA) is 47.4 Å². The highest BCUT2D eigenvalue weighted by Gasteiger charge is 2.38. The monoisotopic (exact) mass is 397 g/mol. The van der Waals surface area contributed by atoms with Gasteiger partial charge in [-0.3, -0.25) is 4.68 Å². The van der Waals surface area contributed by atoms with Crippen LogP contribution in [-0.4, -0.2) is 39.5 Å². The number of hydrogen-bond donors (Lipinski definition) is 0. The molecule has 0 N–H and O–H groups in total. The van der Waals surface area contributed by atoms with E-state index in [0.717, 1.165) is 0 Å². The van der Waals surface area contributed by atoms with E-state index in [2.05, 4.69) is 21.0 Å². The fourth-order valence-corrected chi connectivity index (χ4v) is 2.93. The lowest BCUT2D eigenvalue weighted by Gasteiger charge is -2.34. The molecule has 0 saturated carbocycles. The van der Waals surface area contributed by atoms with E-state index in [1.165, 1.54) is 15.8 Å². The minimum Gasteiger partial charge on any atom is -0.444 e. The van der Waals surface area contributed by atoms with Gasteiger partial charge in [0.15, 0.2) is 5.69 Å². The molecule has 2 heterocycles. The summed E-state index contributed by atoms with van der Waals surface area (Å²) < 4.78 is 45.0. The molecule has 0 aromatic carbocycles. The van der Waals surface area contributed by atoms with E-state index in [0.29, 0.717) is 19.4 Å². The number of nitrogens with zero attached hydrogens (tertiary/aromatic N) is 3. The first kappa shape index (κ1) is 18.1. The van der Waals surface area contributed by atoms with Gasteiger partial charge < -0.3 is 9.64 Å². The fourth-order valence-electron chi connectivity index (χ4n) is 2.41. The summed E-state index contributed by atoms with van der Waals surface area (Å²) >= 11 is 2.89. The molecule has 1 aliphatic rings. The number of carbonyl (C=O) groups is 1. The first-order valence-corrected chi connectivity index (χ1v) is 8.06. The van der Waals surface area contributed by atoms with E-state index in [9.17, 15) is 18.0 Å². The fraction of sp³-hybridized carbons (Fsp3) is 0.714. The molecule has 1 amide bonds. The highest BCUT2D eigenvalue weighted by atomic mass is 79.9. The molecule has 1 aliphatic heterocycles. The molecule has 130 valence electrons. The molecule has 0 aliphatic carbocycles. The number of alkyl halides is 3. The van der Waals surface area contributed by atoms with Gasteiger partial charge in [0.2, 0.25) is 0 Å². The molecule has 2 rings (SSSR count). The van der Waals surface area contributed by atoms with Crippen LogP contribution in [0.2, 0.25) is 0 Å². The van der Waals surface area contributed by atoms with Gasteiger partial charge >= 0.3 is 12.3 Å². The summed E-state index contributed by atoms with van der Waals surface area (Å²) in [5.41, 5.74) is -1.56. The van der Waals surface area contributed by atoms with Crippen molar-refractivity contribution in [2.75, 3.05) is 13.1 Å². The van der Waals surface area contributed by atoms with Crippen molar-refractivity contribution >= 4 is 22.0 Å². The van der Waals surface area contributed by atoms with Crippen LogP contribution >= 0.6 is 15.9 Å². The van der Waals surface area contributed by atoms with Gasteiger partial charge in [-0.15, -0.1) is 0 Å². The third kappa shape index (κ3) is 4.62. The van der Waals surface area contributed by atoms with Crippen molar-refractivity contribution in [3.63, 3.8) is 0 Å². The van der Waals surface area contributed by atoms with Crippen molar-refractivity contribution in [3.05, 3.63) is 16.4 Å². The highest BCUT2D eigenvalue weighted by molar-refractivity contribution is 9.10. The molecule has 0 bridgehead atoms. The van der Waals surface area contributed by atoms with Crippen LogP contribution in [0.15, 0.2) is 10.7 Å². The Morgan fingerprint density at radius 2 is 2.04 bits per heavy atom. The smallest absolute Gasteiger partial charge is 0.436 e. The number of piperidine rings is 1. The summed E-state index contributed by atoms with van der Waals surface area (Å²) in [7, 11) is 0. The molecule has 1 fully saturated rings. The maximum Gasteiger partial charge on any atom is 0.436 e. The minimum atomic E-state index is -4.51. The largest absolute Gasteiger partial charge is 0.444 e. The third-order valence-electron chi connectivity index (χ3n) is 3.38. The van der Waals surface area contributed by atoms with Crippen molar-refractivity contribution in [1.29, 1.82) is 0 Å². The summed E-state index contributed by atoms with van der Waals surface area (Å²) in [6, 6.07) is -0.302. The van der Waals surface area contributed by atoms with Gasteiger partial charge in [-0.25, -0.2) is 4.79 Å². The molecule has 23 heavy (non-hydrogen) atoms. The number of amides is 1. The van der Waals surface area contributed by atoms with Crippen molar-refractivity contribution in [3.8, 4) is 0 Å². The number of halogens is 4. The number of rotatable bonds is 1. The van der Waals surface area contributed by atoms with E-state index in [1.54, 1.807) is 20.8 Å².